The van der Waals surface area contributed by atoms with Gasteiger partial charge in [-0.25, -0.2) is 14.2 Å². The molecule has 9 heteroatoms. The van der Waals surface area contributed by atoms with Crippen molar-refractivity contribution in [3.05, 3.63) is 68.7 Å². The van der Waals surface area contributed by atoms with Gasteiger partial charge in [-0.15, -0.1) is 0 Å². The number of nitrogens with zero attached hydrogens (tertiary/aromatic N) is 5. The fraction of sp³-hybridized carbons (Fsp3) is 0.333. The topological polar surface area (TPSA) is 80.4 Å². The lowest BCUT2D eigenvalue weighted by atomic mass is 10.2. The van der Waals surface area contributed by atoms with Crippen molar-refractivity contribution < 1.29 is 9.18 Å². The molecule has 1 aliphatic rings. The van der Waals surface area contributed by atoms with Crippen molar-refractivity contribution in [2.45, 2.75) is 13.5 Å². The van der Waals surface area contributed by atoms with E-state index >= 15 is 0 Å². The summed E-state index contributed by atoms with van der Waals surface area (Å²) >= 11 is 0. The summed E-state index contributed by atoms with van der Waals surface area (Å²) in [4.78, 5) is 45.8. The molecule has 1 amide bonds. The summed E-state index contributed by atoms with van der Waals surface area (Å²) in [7, 11) is 1.57. The second-order valence-corrected chi connectivity index (χ2v) is 7.38. The maximum Gasteiger partial charge on any atom is 0.332 e. The molecule has 30 heavy (non-hydrogen) atoms. The first-order valence-corrected chi connectivity index (χ1v) is 9.70. The Morgan fingerprint density at radius 1 is 1.13 bits per heavy atom. The number of benzene rings is 1. The molecule has 1 fully saturated rings. The summed E-state index contributed by atoms with van der Waals surface area (Å²) in [5.74, 6) is -0.405. The number of carbonyl (C=O) groups excluding carboxylic acids is 1. The first-order valence-electron chi connectivity index (χ1n) is 9.70. The van der Waals surface area contributed by atoms with Crippen molar-refractivity contribution in [3.63, 3.8) is 0 Å². The summed E-state index contributed by atoms with van der Waals surface area (Å²) < 4.78 is 16.0. The van der Waals surface area contributed by atoms with E-state index in [4.69, 9.17) is 0 Å². The van der Waals surface area contributed by atoms with Crippen LogP contribution >= 0.6 is 0 Å². The van der Waals surface area contributed by atoms with Gasteiger partial charge in [-0.2, -0.15) is 0 Å². The molecule has 1 aromatic carbocycles. The van der Waals surface area contributed by atoms with Crippen LogP contribution in [-0.2, 0) is 18.4 Å². The Labute approximate surface area is 171 Å². The van der Waals surface area contributed by atoms with Crippen LogP contribution in [0.25, 0.3) is 11.0 Å². The summed E-state index contributed by atoms with van der Waals surface area (Å²) in [6.07, 6.45) is 1.57. The van der Waals surface area contributed by atoms with Gasteiger partial charge in [0.1, 0.15) is 11.2 Å². The summed E-state index contributed by atoms with van der Waals surface area (Å²) in [5.41, 5.74) is 0.523. The number of fused-ring (bicyclic) bond motifs is 1. The summed E-state index contributed by atoms with van der Waals surface area (Å²) in [6.45, 7) is 3.77. The highest BCUT2D eigenvalue weighted by atomic mass is 19.1. The average Bonchev–Trinajstić information content (AvgIpc) is 2.75. The number of amides is 1. The number of piperazine rings is 1. The van der Waals surface area contributed by atoms with Gasteiger partial charge in [0.25, 0.3) is 5.56 Å². The van der Waals surface area contributed by atoms with Gasteiger partial charge in [0.05, 0.1) is 12.2 Å². The highest BCUT2D eigenvalue weighted by molar-refractivity contribution is 5.89. The maximum atomic E-state index is 13.6. The van der Waals surface area contributed by atoms with Crippen molar-refractivity contribution in [1.29, 1.82) is 0 Å². The van der Waals surface area contributed by atoms with Crippen molar-refractivity contribution in [3.8, 4) is 0 Å². The zero-order chi connectivity index (χ0) is 21.4. The van der Waals surface area contributed by atoms with Crippen LogP contribution in [0, 0.1) is 5.82 Å². The van der Waals surface area contributed by atoms with Crippen LogP contribution in [0.15, 0.2) is 46.1 Å². The molecule has 156 valence electrons. The van der Waals surface area contributed by atoms with Gasteiger partial charge in [-0.3, -0.25) is 18.7 Å². The van der Waals surface area contributed by atoms with Crippen molar-refractivity contribution in [2.24, 2.45) is 7.05 Å². The standard InChI is InChI=1S/C21H22FN5O3/c1-14(28)25-8-10-26(11-9-25)17-6-7-23-19-18(17)20(29)27(21(30)24(19)2)13-15-4-3-5-16(22)12-15/h3-7,12H,8-11,13H2,1-2H3. The van der Waals surface area contributed by atoms with E-state index in [-0.39, 0.29) is 12.5 Å². The number of rotatable bonds is 3. The Kier molecular flexibility index (Phi) is 5.11. The smallest absolute Gasteiger partial charge is 0.332 e. The molecule has 2 aromatic heterocycles. The highest BCUT2D eigenvalue weighted by Crippen LogP contribution is 2.23. The third kappa shape index (κ3) is 3.47. The van der Waals surface area contributed by atoms with Crippen LogP contribution in [0.2, 0.25) is 0 Å². The van der Waals surface area contributed by atoms with Crippen LogP contribution in [-0.4, -0.2) is 51.1 Å². The molecule has 0 aliphatic carbocycles. The minimum absolute atomic E-state index is 0.0223. The second-order valence-electron chi connectivity index (χ2n) is 7.38. The Bertz CT molecular complexity index is 1240. The van der Waals surface area contributed by atoms with E-state index in [1.165, 1.54) is 16.7 Å². The number of halogens is 1. The van der Waals surface area contributed by atoms with E-state index in [1.54, 1.807) is 43.3 Å². The van der Waals surface area contributed by atoms with E-state index < -0.39 is 17.1 Å². The monoisotopic (exact) mass is 411 g/mol. The minimum Gasteiger partial charge on any atom is -0.367 e. The predicted octanol–water partition coefficient (Wildman–Crippen LogP) is 0.951. The SMILES string of the molecule is CC(=O)N1CCN(c2ccnc3c2c(=O)n(Cc2cccc(F)c2)c(=O)n3C)CC1. The van der Waals surface area contributed by atoms with Crippen molar-refractivity contribution in [2.75, 3.05) is 31.1 Å². The molecule has 0 spiro atoms. The number of aryl methyl sites for hydroxylation is 1. The third-order valence-electron chi connectivity index (χ3n) is 5.50. The number of anilines is 1. The molecule has 0 unspecified atom stereocenters. The fourth-order valence-corrected chi connectivity index (χ4v) is 3.88. The second kappa shape index (κ2) is 7.74. The predicted molar refractivity (Wildman–Crippen MR) is 111 cm³/mol. The van der Waals surface area contributed by atoms with Gasteiger partial charge in [0, 0.05) is 46.3 Å². The molecule has 3 aromatic rings. The molecule has 0 N–H and O–H groups in total. The summed E-state index contributed by atoms with van der Waals surface area (Å²) in [5, 5.41) is 0.340. The lowest BCUT2D eigenvalue weighted by Crippen LogP contribution is -2.48. The minimum atomic E-state index is -0.511. The van der Waals surface area contributed by atoms with Gasteiger partial charge in [-0.1, -0.05) is 12.1 Å². The first-order chi connectivity index (χ1) is 14.4. The van der Waals surface area contributed by atoms with Gasteiger partial charge in [0.15, 0.2) is 5.65 Å². The number of hydrogen-bond donors (Lipinski definition) is 0. The molecular formula is C21H22FN5O3. The molecule has 3 heterocycles. The lowest BCUT2D eigenvalue weighted by molar-refractivity contribution is -0.129. The zero-order valence-electron chi connectivity index (χ0n) is 16.8. The summed E-state index contributed by atoms with van der Waals surface area (Å²) in [6, 6.07) is 7.59. The Morgan fingerprint density at radius 2 is 1.87 bits per heavy atom. The molecule has 8 nitrogen and oxygen atoms in total. The maximum absolute atomic E-state index is 13.6. The quantitative estimate of drug-likeness (QED) is 0.641. The Morgan fingerprint density at radius 3 is 2.53 bits per heavy atom. The lowest BCUT2D eigenvalue weighted by Gasteiger charge is -2.36. The van der Waals surface area contributed by atoms with E-state index in [0.717, 1.165) is 4.57 Å². The van der Waals surface area contributed by atoms with Crippen LogP contribution in [0.1, 0.15) is 12.5 Å². The third-order valence-corrected chi connectivity index (χ3v) is 5.50. The first kappa shape index (κ1) is 19.8. The van der Waals surface area contributed by atoms with Gasteiger partial charge in [-0.05, 0) is 23.8 Å². The van der Waals surface area contributed by atoms with Crippen LogP contribution < -0.4 is 16.1 Å². The number of carbonyl (C=O) groups is 1. The zero-order valence-corrected chi connectivity index (χ0v) is 16.8. The average molecular weight is 411 g/mol. The van der Waals surface area contributed by atoms with Crippen LogP contribution in [0.3, 0.4) is 0 Å². The normalized spacial score (nSPS) is 14.4. The van der Waals surface area contributed by atoms with Crippen molar-refractivity contribution in [1.82, 2.24) is 19.0 Å². The number of aromatic nitrogens is 3. The molecule has 0 saturated carbocycles. The molecule has 1 aliphatic heterocycles. The van der Waals surface area contributed by atoms with Gasteiger partial charge >= 0.3 is 5.69 Å². The fourth-order valence-electron chi connectivity index (χ4n) is 3.88. The van der Waals surface area contributed by atoms with Crippen molar-refractivity contribution >= 4 is 22.6 Å². The molecule has 0 radical (unpaired) electrons. The van der Waals surface area contributed by atoms with Gasteiger partial charge < -0.3 is 9.80 Å². The van der Waals surface area contributed by atoms with E-state index in [0.29, 0.717) is 48.5 Å². The van der Waals surface area contributed by atoms with Crippen LogP contribution in [0.4, 0.5) is 10.1 Å². The molecule has 1 saturated heterocycles. The molecule has 0 atom stereocenters. The number of hydrogen-bond acceptors (Lipinski definition) is 5. The largest absolute Gasteiger partial charge is 0.367 e. The van der Waals surface area contributed by atoms with Gasteiger partial charge in [0.2, 0.25) is 5.91 Å². The Hall–Kier alpha value is -3.49. The van der Waals surface area contributed by atoms with Crippen LogP contribution in [0.5, 0.6) is 0 Å². The molecule has 4 rings (SSSR count). The molecule has 0 bridgehead atoms. The van der Waals surface area contributed by atoms with E-state index in [2.05, 4.69) is 4.98 Å². The van der Waals surface area contributed by atoms with E-state index in [9.17, 15) is 18.8 Å². The number of pyridine rings is 1. The highest BCUT2D eigenvalue weighted by Gasteiger charge is 2.23. The Balaban J connectivity index is 1.82. The van der Waals surface area contributed by atoms with E-state index in [1.807, 2.05) is 4.90 Å². The molecular weight excluding hydrogens is 389 g/mol.